The maximum absolute atomic E-state index is 0. The summed E-state index contributed by atoms with van der Waals surface area (Å²) in [6, 6.07) is 0. The topological polar surface area (TPSA) is 114 Å². The van der Waals surface area contributed by atoms with Gasteiger partial charge in [-0.2, -0.15) is 0 Å². The van der Waals surface area contributed by atoms with E-state index in [0.717, 1.165) is 0 Å². The molecule has 0 atom stereocenters. The van der Waals surface area contributed by atoms with E-state index in [-0.39, 0.29) is 93.8 Å². The zero-order valence-electron chi connectivity index (χ0n) is 3.23. The molecule has 7 heteroatoms. The largest absolute Gasteiger partial charge is 3.00 e. The van der Waals surface area contributed by atoms with Crippen molar-refractivity contribution >= 4 is 71.9 Å². The SMILES string of the molecule is [Mg+2].[O-2].[O-2].[O-2].[O-2].[Sb+3].[Sb+3]. The van der Waals surface area contributed by atoms with Crippen LogP contribution < -0.4 is 0 Å². The first-order valence-corrected chi connectivity index (χ1v) is 0. The quantitative estimate of drug-likeness (QED) is 0.475. The van der Waals surface area contributed by atoms with Gasteiger partial charge in [-0.3, -0.25) is 0 Å². The van der Waals surface area contributed by atoms with Crippen molar-refractivity contribution in [3.05, 3.63) is 0 Å². The average molecular weight is 332 g/mol. The van der Waals surface area contributed by atoms with Crippen LogP contribution in [0.2, 0.25) is 0 Å². The second kappa shape index (κ2) is 86.0. The van der Waals surface area contributed by atoms with Crippen molar-refractivity contribution in [3.63, 3.8) is 0 Å². The van der Waals surface area contributed by atoms with Gasteiger partial charge in [-0.25, -0.2) is 0 Å². The van der Waals surface area contributed by atoms with Crippen molar-refractivity contribution in [2.24, 2.45) is 0 Å². The standard InChI is InChI=1S/Mg.4O.2Sb/q+2;4*-2;2*+3. The molecule has 0 saturated carbocycles. The van der Waals surface area contributed by atoms with Gasteiger partial charge in [0.2, 0.25) is 0 Å². The molecule has 7 heavy (non-hydrogen) atoms. The van der Waals surface area contributed by atoms with Crippen LogP contribution in [0.3, 0.4) is 0 Å². The second-order valence-electron chi connectivity index (χ2n) is 0. The molecule has 0 aromatic heterocycles. The van der Waals surface area contributed by atoms with Crippen molar-refractivity contribution < 1.29 is 21.9 Å². The summed E-state index contributed by atoms with van der Waals surface area (Å²) in [5.41, 5.74) is 0. The fourth-order valence-electron chi connectivity index (χ4n) is 0. The zero-order chi connectivity index (χ0) is 0. The van der Waals surface area contributed by atoms with Crippen LogP contribution in [0.4, 0.5) is 0 Å². The van der Waals surface area contributed by atoms with Gasteiger partial charge < -0.3 is 21.9 Å². The van der Waals surface area contributed by atoms with Gasteiger partial charge in [0.25, 0.3) is 0 Å². The van der Waals surface area contributed by atoms with Crippen LogP contribution in [0.1, 0.15) is 0 Å². The Balaban J connectivity index is 0. The van der Waals surface area contributed by atoms with E-state index in [0.29, 0.717) is 0 Å². The maximum Gasteiger partial charge on any atom is 3.00 e. The molecule has 0 amide bonds. The van der Waals surface area contributed by atoms with Crippen LogP contribution >= 0.6 is 0 Å². The molecule has 0 saturated heterocycles. The summed E-state index contributed by atoms with van der Waals surface area (Å²) in [6.07, 6.45) is 0. The summed E-state index contributed by atoms with van der Waals surface area (Å²) in [5, 5.41) is 0. The van der Waals surface area contributed by atoms with Gasteiger partial charge in [0.05, 0.1) is 0 Å². The van der Waals surface area contributed by atoms with E-state index in [2.05, 4.69) is 0 Å². The maximum atomic E-state index is 0. The van der Waals surface area contributed by atoms with Crippen LogP contribution in [0, 0.1) is 0 Å². The second-order valence-corrected chi connectivity index (χ2v) is 0. The molecule has 0 aliphatic carbocycles. The Kier molecular flexibility index (Phi) is 1530. The first kappa shape index (κ1) is 125. The molecule has 0 spiro atoms. The third-order valence-corrected chi connectivity index (χ3v) is 0. The predicted molar refractivity (Wildman–Crippen MR) is 20.0 cm³/mol. The Morgan fingerprint density at radius 2 is 0.429 bits per heavy atom. The molecule has 0 aliphatic heterocycles. The molecule has 0 bridgehead atoms. The van der Waals surface area contributed by atoms with Crippen LogP contribution in [0.15, 0.2) is 0 Å². The molecule has 0 rings (SSSR count). The van der Waals surface area contributed by atoms with Crippen molar-refractivity contribution in [1.82, 2.24) is 0 Å². The van der Waals surface area contributed by atoms with E-state index < -0.39 is 0 Å². The Labute approximate surface area is 92.7 Å². The predicted octanol–water partition coefficient (Wildman–Crippen LogP) is -1.62. The molecule has 0 unspecified atom stereocenters. The smallest absolute Gasteiger partial charge is 2.00 e. The summed E-state index contributed by atoms with van der Waals surface area (Å²) in [5.74, 6) is 0. The summed E-state index contributed by atoms with van der Waals surface area (Å²) in [6.45, 7) is 0. The van der Waals surface area contributed by atoms with Crippen molar-refractivity contribution in [1.29, 1.82) is 0 Å². The minimum absolute atomic E-state index is 0. The molecule has 0 heterocycles. The Bertz CT molecular complexity index is 9.65. The van der Waals surface area contributed by atoms with Crippen LogP contribution in [0.5, 0.6) is 0 Å². The van der Waals surface area contributed by atoms with Gasteiger partial charge in [-0.15, -0.1) is 0 Å². The summed E-state index contributed by atoms with van der Waals surface area (Å²) < 4.78 is 0. The van der Waals surface area contributed by atoms with E-state index in [9.17, 15) is 0 Å². The molecule has 4 radical (unpaired) electrons. The van der Waals surface area contributed by atoms with Gasteiger partial charge in [0, 0.05) is 0 Å². The van der Waals surface area contributed by atoms with Crippen LogP contribution in [-0.2, 0) is 21.9 Å². The number of hydrogen-bond donors (Lipinski definition) is 0. The summed E-state index contributed by atoms with van der Waals surface area (Å²) in [4.78, 5) is 0. The van der Waals surface area contributed by atoms with E-state index in [1.807, 2.05) is 0 Å². The fourth-order valence-corrected chi connectivity index (χ4v) is 0. The fraction of sp³-hybridized carbons (Fsp3) is 0. The van der Waals surface area contributed by atoms with E-state index in [1.54, 1.807) is 0 Å². The monoisotopic (exact) mass is 330 g/mol. The number of hydrogen-bond acceptors (Lipinski definition) is 0. The van der Waals surface area contributed by atoms with E-state index >= 15 is 0 Å². The van der Waals surface area contributed by atoms with Crippen LogP contribution in [0.25, 0.3) is 0 Å². The molecule has 0 aromatic rings. The van der Waals surface area contributed by atoms with Crippen LogP contribution in [-0.4, -0.2) is 71.9 Å². The molecule has 0 aromatic carbocycles. The summed E-state index contributed by atoms with van der Waals surface area (Å²) in [7, 11) is 0. The Morgan fingerprint density at radius 1 is 0.429 bits per heavy atom. The minimum atomic E-state index is 0. The van der Waals surface area contributed by atoms with Crippen molar-refractivity contribution in [2.45, 2.75) is 0 Å². The molecular formula is MgO4Sb2. The molecule has 4 nitrogen and oxygen atoms in total. The molecule has 36 valence electrons. The van der Waals surface area contributed by atoms with Gasteiger partial charge in [-0.05, 0) is 0 Å². The third kappa shape index (κ3) is 63.9. The minimum Gasteiger partial charge on any atom is -2.00 e. The summed E-state index contributed by atoms with van der Waals surface area (Å²) >= 11 is 0. The molecule has 0 N–H and O–H groups in total. The molecular weight excluding hydrogens is 332 g/mol. The first-order chi connectivity index (χ1) is 0. The average Bonchev–Trinajstić information content (AvgIpc) is 0. The number of rotatable bonds is 0. The van der Waals surface area contributed by atoms with Crippen molar-refractivity contribution in [3.8, 4) is 0 Å². The third-order valence-electron chi connectivity index (χ3n) is 0. The molecule has 0 fully saturated rings. The van der Waals surface area contributed by atoms with Gasteiger partial charge in [-0.1, -0.05) is 0 Å². The Morgan fingerprint density at radius 3 is 0.429 bits per heavy atom. The van der Waals surface area contributed by atoms with E-state index in [4.69, 9.17) is 0 Å². The zero-order valence-corrected chi connectivity index (χ0v) is 9.75. The first-order valence-electron chi connectivity index (χ1n) is 0. The van der Waals surface area contributed by atoms with Gasteiger partial charge in [0.15, 0.2) is 0 Å². The van der Waals surface area contributed by atoms with Gasteiger partial charge in [0.1, 0.15) is 0 Å². The normalized spacial score (nSPS) is 0. The molecule has 0 aliphatic rings. The van der Waals surface area contributed by atoms with E-state index in [1.165, 1.54) is 0 Å². The van der Waals surface area contributed by atoms with Gasteiger partial charge >= 0.3 is 71.9 Å². The van der Waals surface area contributed by atoms with Crippen molar-refractivity contribution in [2.75, 3.05) is 0 Å². The Hall–Kier alpha value is 2.24.